The van der Waals surface area contributed by atoms with Gasteiger partial charge in [0.2, 0.25) is 0 Å². The highest BCUT2D eigenvalue weighted by Gasteiger charge is 2.23. The van der Waals surface area contributed by atoms with Gasteiger partial charge in [-0.2, -0.15) is 0 Å². The van der Waals surface area contributed by atoms with Crippen molar-refractivity contribution in [3.05, 3.63) is 21.9 Å². The van der Waals surface area contributed by atoms with Crippen molar-refractivity contribution in [2.24, 2.45) is 11.8 Å². The molecule has 1 aromatic heterocycles. The molecule has 0 bridgehead atoms. The van der Waals surface area contributed by atoms with Gasteiger partial charge >= 0.3 is 0 Å². The number of hydrogen-bond acceptors (Lipinski definition) is 3. The van der Waals surface area contributed by atoms with E-state index in [0.717, 1.165) is 11.4 Å². The summed E-state index contributed by atoms with van der Waals surface area (Å²) in [6.45, 7) is 2.88. The van der Waals surface area contributed by atoms with Crippen LogP contribution in [0.1, 0.15) is 41.4 Å². The molecule has 1 saturated carbocycles. The first-order valence-electron chi connectivity index (χ1n) is 6.67. The lowest BCUT2D eigenvalue weighted by Crippen LogP contribution is -2.29. The van der Waals surface area contributed by atoms with E-state index in [0.29, 0.717) is 17.4 Å². The van der Waals surface area contributed by atoms with Gasteiger partial charge in [-0.3, -0.25) is 4.79 Å². The zero-order valence-electron chi connectivity index (χ0n) is 11.1. The van der Waals surface area contributed by atoms with E-state index in [2.05, 4.69) is 24.1 Å². The van der Waals surface area contributed by atoms with E-state index in [4.69, 9.17) is 5.11 Å². The van der Waals surface area contributed by atoms with Crippen LogP contribution in [-0.2, 0) is 0 Å². The van der Waals surface area contributed by atoms with E-state index >= 15 is 0 Å². The number of aliphatic hydroxyl groups excluding tert-OH is 1. The Hall–Kier alpha value is -1.31. The first kappa shape index (κ1) is 14.1. The van der Waals surface area contributed by atoms with Crippen molar-refractivity contribution in [2.45, 2.75) is 26.2 Å². The van der Waals surface area contributed by atoms with E-state index in [1.54, 1.807) is 6.07 Å². The molecule has 0 saturated heterocycles. The first-order chi connectivity index (χ1) is 9.20. The van der Waals surface area contributed by atoms with Crippen LogP contribution in [0, 0.1) is 23.7 Å². The summed E-state index contributed by atoms with van der Waals surface area (Å²) in [5.41, 5.74) is 0.665. The third-order valence-electron chi connectivity index (χ3n) is 3.72. The minimum atomic E-state index is -0.154. The van der Waals surface area contributed by atoms with Crippen molar-refractivity contribution in [1.82, 2.24) is 5.32 Å². The van der Waals surface area contributed by atoms with Crippen molar-refractivity contribution in [2.75, 3.05) is 13.2 Å². The van der Waals surface area contributed by atoms with Crippen molar-refractivity contribution in [3.63, 3.8) is 0 Å². The molecular formula is C15H19NO2S. The molecule has 1 aliphatic rings. The molecule has 0 aliphatic heterocycles. The molecule has 2 unspecified atom stereocenters. The molecular weight excluding hydrogens is 258 g/mol. The largest absolute Gasteiger partial charge is 0.384 e. The Labute approximate surface area is 118 Å². The predicted molar refractivity (Wildman–Crippen MR) is 77.1 cm³/mol. The van der Waals surface area contributed by atoms with Crippen LogP contribution in [0.25, 0.3) is 0 Å². The molecule has 1 aliphatic carbocycles. The highest BCUT2D eigenvalue weighted by Crippen LogP contribution is 2.30. The molecule has 4 heteroatoms. The van der Waals surface area contributed by atoms with Gasteiger partial charge in [0.05, 0.1) is 10.4 Å². The van der Waals surface area contributed by atoms with Crippen LogP contribution in [0.3, 0.4) is 0 Å². The molecule has 1 amide bonds. The van der Waals surface area contributed by atoms with Crippen molar-refractivity contribution in [3.8, 4) is 11.8 Å². The number of rotatable bonds is 3. The predicted octanol–water partition coefficient (Wildman–Crippen LogP) is 2.26. The quantitative estimate of drug-likeness (QED) is 0.833. The average Bonchev–Trinajstić information content (AvgIpc) is 3.03. The Kier molecular flexibility index (Phi) is 5.00. The highest BCUT2D eigenvalue weighted by molar-refractivity contribution is 7.10. The van der Waals surface area contributed by atoms with E-state index in [-0.39, 0.29) is 12.5 Å². The highest BCUT2D eigenvalue weighted by atomic mass is 32.1. The second-order valence-electron chi connectivity index (χ2n) is 5.04. The number of nitrogens with one attached hydrogen (secondary N) is 1. The van der Waals surface area contributed by atoms with Gasteiger partial charge in [-0.25, -0.2) is 0 Å². The van der Waals surface area contributed by atoms with Gasteiger partial charge in [-0.15, -0.1) is 11.3 Å². The van der Waals surface area contributed by atoms with Gasteiger partial charge in [0.1, 0.15) is 6.61 Å². The van der Waals surface area contributed by atoms with Gasteiger partial charge in [0, 0.05) is 11.9 Å². The summed E-state index contributed by atoms with van der Waals surface area (Å²) in [4.78, 5) is 12.8. The van der Waals surface area contributed by atoms with Crippen molar-refractivity contribution >= 4 is 17.2 Å². The molecule has 102 valence electrons. The maximum Gasteiger partial charge on any atom is 0.252 e. The number of carbonyl (C=O) groups excluding carboxylic acids is 1. The fraction of sp³-hybridized carbons (Fsp3) is 0.533. The van der Waals surface area contributed by atoms with Gasteiger partial charge in [-0.1, -0.05) is 31.6 Å². The van der Waals surface area contributed by atoms with Crippen LogP contribution in [0.5, 0.6) is 0 Å². The van der Waals surface area contributed by atoms with Crippen LogP contribution in [0.2, 0.25) is 0 Å². The first-order valence-corrected chi connectivity index (χ1v) is 7.55. The van der Waals surface area contributed by atoms with Crippen LogP contribution in [0.4, 0.5) is 0 Å². The molecule has 0 aromatic carbocycles. The number of hydrogen-bond donors (Lipinski definition) is 2. The maximum absolute atomic E-state index is 12.0. The zero-order chi connectivity index (χ0) is 13.7. The standard InChI is InChI=1S/C15H19NO2S/c1-11-4-2-5-12(11)9-16-15(18)13-8-14(19-10-13)6-3-7-17/h8,10-12,17H,2,4-5,7,9H2,1H3,(H,16,18). The SMILES string of the molecule is CC1CCCC1CNC(=O)c1csc(C#CCO)c1. The Bertz CT molecular complexity index is 498. The van der Waals surface area contributed by atoms with Crippen molar-refractivity contribution in [1.29, 1.82) is 0 Å². The van der Waals surface area contributed by atoms with Gasteiger partial charge < -0.3 is 10.4 Å². The Balaban J connectivity index is 1.87. The fourth-order valence-electron chi connectivity index (χ4n) is 2.50. The lowest BCUT2D eigenvalue weighted by atomic mass is 9.98. The molecule has 1 aromatic rings. The summed E-state index contributed by atoms with van der Waals surface area (Å²) in [5.74, 6) is 6.71. The summed E-state index contributed by atoms with van der Waals surface area (Å²) in [5, 5.41) is 13.5. The van der Waals surface area contributed by atoms with Crippen LogP contribution < -0.4 is 5.32 Å². The Morgan fingerprint density at radius 3 is 3.11 bits per heavy atom. The van der Waals surface area contributed by atoms with Gasteiger partial charge in [0.15, 0.2) is 0 Å². The minimum Gasteiger partial charge on any atom is -0.384 e. The van der Waals surface area contributed by atoms with Crippen LogP contribution >= 0.6 is 11.3 Å². The maximum atomic E-state index is 12.0. The Morgan fingerprint density at radius 2 is 2.42 bits per heavy atom. The van der Waals surface area contributed by atoms with E-state index in [9.17, 15) is 4.79 Å². The molecule has 1 fully saturated rings. The normalized spacial score (nSPS) is 21.8. The second kappa shape index (κ2) is 6.74. The summed E-state index contributed by atoms with van der Waals surface area (Å²) in [7, 11) is 0. The molecule has 2 rings (SSSR count). The third kappa shape index (κ3) is 3.82. The number of amides is 1. The number of aliphatic hydroxyl groups is 1. The van der Waals surface area contributed by atoms with Gasteiger partial charge in [-0.05, 0) is 24.3 Å². The lowest BCUT2D eigenvalue weighted by molar-refractivity contribution is 0.0945. The summed E-state index contributed by atoms with van der Waals surface area (Å²) >= 11 is 1.43. The summed E-state index contributed by atoms with van der Waals surface area (Å²) in [6.07, 6.45) is 3.78. The van der Waals surface area contributed by atoms with Gasteiger partial charge in [0.25, 0.3) is 5.91 Å². The summed E-state index contributed by atoms with van der Waals surface area (Å²) in [6, 6.07) is 1.78. The molecule has 19 heavy (non-hydrogen) atoms. The summed E-state index contributed by atoms with van der Waals surface area (Å²) < 4.78 is 0. The smallest absolute Gasteiger partial charge is 0.252 e. The van der Waals surface area contributed by atoms with Crippen LogP contribution in [0.15, 0.2) is 11.4 Å². The molecule has 1 heterocycles. The van der Waals surface area contributed by atoms with Crippen LogP contribution in [-0.4, -0.2) is 24.2 Å². The molecule has 3 nitrogen and oxygen atoms in total. The molecule has 2 atom stereocenters. The molecule has 0 spiro atoms. The van der Waals surface area contributed by atoms with E-state index in [1.165, 1.54) is 30.6 Å². The van der Waals surface area contributed by atoms with E-state index in [1.807, 2.05) is 5.38 Å². The minimum absolute atomic E-state index is 0.0209. The number of thiophene rings is 1. The topological polar surface area (TPSA) is 49.3 Å². The fourth-order valence-corrected chi connectivity index (χ4v) is 3.25. The van der Waals surface area contributed by atoms with E-state index < -0.39 is 0 Å². The van der Waals surface area contributed by atoms with Crippen molar-refractivity contribution < 1.29 is 9.90 Å². The second-order valence-corrected chi connectivity index (χ2v) is 5.95. The average molecular weight is 277 g/mol. The Morgan fingerprint density at radius 1 is 1.58 bits per heavy atom. The monoisotopic (exact) mass is 277 g/mol. The lowest BCUT2D eigenvalue weighted by Gasteiger charge is -2.15. The number of carbonyl (C=O) groups is 1. The molecule has 2 N–H and O–H groups in total. The zero-order valence-corrected chi connectivity index (χ0v) is 11.9. The third-order valence-corrected chi connectivity index (χ3v) is 4.56. The molecule has 0 radical (unpaired) electrons.